The Balaban J connectivity index is 3.88. The van der Waals surface area contributed by atoms with Crippen LogP contribution >= 0.6 is 0 Å². The molecule has 0 aliphatic rings. The van der Waals surface area contributed by atoms with Gasteiger partial charge in [0.1, 0.15) is 0 Å². The molecule has 6 heteroatoms. The minimum Gasteiger partial charge on any atom is -0.785 e. The molecule has 0 atom stereocenters. The second-order valence-electron chi connectivity index (χ2n) is 7.63. The van der Waals surface area contributed by atoms with Crippen LogP contribution in [-0.4, -0.2) is 59.7 Å². The molecule has 0 aromatic heterocycles. The third-order valence-electron chi connectivity index (χ3n) is 4.25. The van der Waals surface area contributed by atoms with Gasteiger partial charge in [0.15, 0.2) is 0 Å². The minimum absolute atomic E-state index is 0.0527. The number of aliphatic hydroxyl groups is 2. The predicted octanol–water partition coefficient (Wildman–Crippen LogP) is 2.18. The normalized spacial score (nSPS) is 13.4. The molecule has 0 radical (unpaired) electrons. The molecule has 0 unspecified atom stereocenters. The van der Waals surface area contributed by atoms with Crippen molar-refractivity contribution in [2.75, 3.05) is 39.4 Å². The van der Waals surface area contributed by atoms with Gasteiger partial charge in [-0.3, -0.25) is 0 Å². The second-order valence-corrected chi connectivity index (χ2v) is 7.63. The molecule has 0 aliphatic heterocycles. The van der Waals surface area contributed by atoms with Gasteiger partial charge in [-0.2, -0.15) is 0 Å². The summed E-state index contributed by atoms with van der Waals surface area (Å²) in [6.45, 7) is 9.56. The molecule has 0 saturated heterocycles. The highest BCUT2D eigenvalue weighted by Crippen LogP contribution is 2.25. The summed E-state index contributed by atoms with van der Waals surface area (Å²) in [6, 6.07) is 0. The van der Waals surface area contributed by atoms with Crippen molar-refractivity contribution in [3.05, 3.63) is 10.4 Å². The van der Waals surface area contributed by atoms with Gasteiger partial charge in [-0.15, -0.1) is 0 Å². The van der Waals surface area contributed by atoms with Gasteiger partial charge in [0, 0.05) is 13.2 Å². The molecule has 0 saturated carbocycles. The molecule has 0 spiro atoms. The van der Waals surface area contributed by atoms with Gasteiger partial charge in [0.25, 0.3) is 0 Å². The van der Waals surface area contributed by atoms with E-state index >= 15 is 0 Å². The topological polar surface area (TPSA) is 93.1 Å². The Morgan fingerprint density at radius 3 is 1.23 bits per heavy atom. The lowest BCUT2D eigenvalue weighted by Gasteiger charge is -2.38. The third-order valence-corrected chi connectivity index (χ3v) is 4.25. The van der Waals surface area contributed by atoms with Gasteiger partial charge < -0.3 is 30.8 Å². The number of hydrogen-bond donors (Lipinski definition) is 2. The van der Waals surface area contributed by atoms with Crippen molar-refractivity contribution >= 4 is 0 Å². The van der Waals surface area contributed by atoms with Crippen molar-refractivity contribution in [3.8, 4) is 0 Å². The Morgan fingerprint density at radius 1 is 0.636 bits per heavy atom. The van der Waals surface area contributed by atoms with E-state index in [1.807, 2.05) is 27.7 Å². The largest absolute Gasteiger partial charge is 0.785 e. The van der Waals surface area contributed by atoms with Gasteiger partial charge >= 0.3 is 0 Å². The first-order valence-electron chi connectivity index (χ1n) is 8.18. The van der Waals surface area contributed by atoms with Crippen molar-refractivity contribution in [3.63, 3.8) is 0 Å². The van der Waals surface area contributed by atoms with E-state index in [9.17, 15) is 10.4 Å². The van der Waals surface area contributed by atoms with Crippen LogP contribution in [0.3, 0.4) is 0 Å². The first-order valence-corrected chi connectivity index (χ1v) is 8.18. The fraction of sp³-hybridized carbons (Fsp3) is 1.00. The maximum Gasteiger partial charge on any atom is 0.0436 e. The summed E-state index contributed by atoms with van der Waals surface area (Å²) in [5.41, 5.74) is -0.105. The predicted molar refractivity (Wildman–Crippen MR) is 90.1 cm³/mol. The first kappa shape index (κ1) is 21.8. The fourth-order valence-corrected chi connectivity index (χ4v) is 2.16. The van der Waals surface area contributed by atoms with E-state index in [1.54, 1.807) is 0 Å². The number of nitrogens with zero attached hydrogens (tertiary/aromatic N) is 2. The monoisotopic (exact) mass is 318 g/mol. The summed E-state index contributed by atoms with van der Waals surface area (Å²) in [7, 11) is 0. The van der Waals surface area contributed by atoms with Crippen molar-refractivity contribution in [2.24, 2.45) is 10.8 Å². The number of hydrogen-bond acceptors (Lipinski definition) is 6. The van der Waals surface area contributed by atoms with Gasteiger partial charge in [-0.25, -0.2) is 0 Å². The van der Waals surface area contributed by atoms with E-state index in [4.69, 9.17) is 10.2 Å². The molecular weight excluding hydrogens is 284 g/mol. The molecule has 22 heavy (non-hydrogen) atoms. The summed E-state index contributed by atoms with van der Waals surface area (Å²) >= 11 is 0. The van der Waals surface area contributed by atoms with Crippen LogP contribution < -0.4 is 0 Å². The summed E-state index contributed by atoms with van der Waals surface area (Å²) in [4.78, 5) is 0. The highest BCUT2D eigenvalue weighted by atomic mass is 16.5. The summed E-state index contributed by atoms with van der Waals surface area (Å²) in [5.74, 6) is 0. The molecule has 6 nitrogen and oxygen atoms in total. The standard InChI is InChI=1S/C16H34N2O4/c1-15(2,7-13-19)5-9-17(21)11-12-18(22)10-6-16(3,4)8-14-20/h19-20H,5-14H2,1-4H3/q-2. The van der Waals surface area contributed by atoms with Crippen LogP contribution in [0.25, 0.3) is 0 Å². The van der Waals surface area contributed by atoms with Crippen LogP contribution in [0.2, 0.25) is 0 Å². The van der Waals surface area contributed by atoms with Crippen LogP contribution in [-0.2, 0) is 0 Å². The fourth-order valence-electron chi connectivity index (χ4n) is 2.16. The van der Waals surface area contributed by atoms with Gasteiger partial charge in [0.2, 0.25) is 0 Å². The molecule has 0 aromatic rings. The number of hydroxylamine groups is 4. The lowest BCUT2D eigenvalue weighted by atomic mass is 9.86. The average molecular weight is 318 g/mol. The number of aliphatic hydroxyl groups excluding tert-OH is 2. The quantitative estimate of drug-likeness (QED) is 0.506. The van der Waals surface area contributed by atoms with E-state index in [2.05, 4.69) is 0 Å². The van der Waals surface area contributed by atoms with E-state index < -0.39 is 0 Å². The van der Waals surface area contributed by atoms with Gasteiger partial charge in [-0.05, 0) is 62.7 Å². The van der Waals surface area contributed by atoms with Crippen LogP contribution in [0.1, 0.15) is 53.4 Å². The highest BCUT2D eigenvalue weighted by Gasteiger charge is 2.17. The Hall–Kier alpha value is -0.240. The number of rotatable bonds is 13. The molecule has 0 heterocycles. The Morgan fingerprint density at radius 2 is 0.955 bits per heavy atom. The van der Waals surface area contributed by atoms with Crippen LogP contribution in [0, 0.1) is 21.2 Å². The molecule has 0 fully saturated rings. The zero-order chi connectivity index (χ0) is 17.2. The zero-order valence-electron chi connectivity index (χ0n) is 14.7. The van der Waals surface area contributed by atoms with E-state index in [1.165, 1.54) is 0 Å². The average Bonchev–Trinajstić information content (AvgIpc) is 2.41. The minimum atomic E-state index is -0.0527. The molecule has 0 aliphatic carbocycles. The van der Waals surface area contributed by atoms with Crippen LogP contribution in [0.4, 0.5) is 0 Å². The molecule has 2 N–H and O–H groups in total. The summed E-state index contributed by atoms with van der Waals surface area (Å²) < 4.78 is 0. The Bertz CT molecular complexity index is 257. The molecular formula is C16H34N2O4-2. The Kier molecular flexibility index (Phi) is 10.4. The van der Waals surface area contributed by atoms with Crippen LogP contribution in [0.15, 0.2) is 0 Å². The molecule has 0 amide bonds. The molecule has 0 rings (SSSR count). The molecule has 134 valence electrons. The van der Waals surface area contributed by atoms with Crippen molar-refractivity contribution < 1.29 is 10.2 Å². The summed E-state index contributed by atoms with van der Waals surface area (Å²) in [6.07, 6.45) is 2.77. The van der Waals surface area contributed by atoms with Crippen molar-refractivity contribution in [1.82, 2.24) is 10.1 Å². The highest BCUT2D eigenvalue weighted by molar-refractivity contribution is 4.74. The van der Waals surface area contributed by atoms with Gasteiger partial charge in [0.05, 0.1) is 0 Å². The maximum absolute atomic E-state index is 11.8. The summed E-state index contributed by atoms with van der Waals surface area (Å²) in [5, 5.41) is 43.3. The van der Waals surface area contributed by atoms with E-state index in [-0.39, 0.29) is 37.1 Å². The third kappa shape index (κ3) is 11.3. The van der Waals surface area contributed by atoms with E-state index in [0.29, 0.717) is 38.8 Å². The lowest BCUT2D eigenvalue weighted by Crippen LogP contribution is -2.33. The lowest BCUT2D eigenvalue weighted by molar-refractivity contribution is 0.174. The first-order chi connectivity index (χ1) is 10.1. The SMILES string of the molecule is CC(C)(CCO)CCN([O-])CCN([O-])CCC(C)(C)CCO. The molecule has 0 aromatic carbocycles. The molecule has 0 bridgehead atoms. The van der Waals surface area contributed by atoms with Crippen LogP contribution in [0.5, 0.6) is 0 Å². The van der Waals surface area contributed by atoms with Crippen molar-refractivity contribution in [2.45, 2.75) is 53.4 Å². The zero-order valence-corrected chi connectivity index (χ0v) is 14.7. The second kappa shape index (κ2) is 10.5. The maximum atomic E-state index is 11.8. The van der Waals surface area contributed by atoms with E-state index in [0.717, 1.165) is 10.1 Å². The van der Waals surface area contributed by atoms with Gasteiger partial charge in [-0.1, -0.05) is 27.7 Å². The Labute approximate surface area is 135 Å². The van der Waals surface area contributed by atoms with Crippen molar-refractivity contribution in [1.29, 1.82) is 0 Å². The smallest absolute Gasteiger partial charge is 0.0436 e.